The minimum absolute atomic E-state index is 0.171. The fourth-order valence-electron chi connectivity index (χ4n) is 3.28. The van der Waals surface area contributed by atoms with Crippen molar-refractivity contribution in [3.05, 3.63) is 75.9 Å². The van der Waals surface area contributed by atoms with Gasteiger partial charge in [-0.2, -0.15) is 0 Å². The third kappa shape index (κ3) is 2.65. The lowest BCUT2D eigenvalue weighted by molar-refractivity contribution is 0.0474. The lowest BCUT2D eigenvalue weighted by Crippen LogP contribution is -2.10. The number of carbonyl (C=O) groups is 1. The van der Waals surface area contributed by atoms with Gasteiger partial charge in [0, 0.05) is 21.7 Å². The molecule has 0 saturated heterocycles. The summed E-state index contributed by atoms with van der Waals surface area (Å²) in [7, 11) is 0. The van der Waals surface area contributed by atoms with Crippen molar-refractivity contribution < 1.29 is 9.53 Å². The molecule has 1 heterocycles. The standard InChI is InChI=1S/C20H16ClNO2/c21-16-9-3-1-6-13(16)12-24-20(23)19-14-7-2-4-10-17(14)22-18-11-5-8-15(18)19/h1-4,6-7,9-10H,5,8,11-12H2. The molecule has 0 bridgehead atoms. The van der Waals surface area contributed by atoms with Crippen LogP contribution in [-0.4, -0.2) is 11.0 Å². The van der Waals surface area contributed by atoms with E-state index in [0.29, 0.717) is 10.6 Å². The Morgan fingerprint density at radius 2 is 1.88 bits per heavy atom. The molecule has 0 atom stereocenters. The highest BCUT2D eigenvalue weighted by Gasteiger charge is 2.24. The van der Waals surface area contributed by atoms with E-state index in [2.05, 4.69) is 0 Å². The number of rotatable bonds is 3. The molecule has 1 aliphatic carbocycles. The van der Waals surface area contributed by atoms with Crippen molar-refractivity contribution in [1.82, 2.24) is 4.98 Å². The first-order valence-corrected chi connectivity index (χ1v) is 8.43. The molecule has 0 spiro atoms. The minimum atomic E-state index is -0.299. The number of aryl methyl sites for hydroxylation is 1. The zero-order chi connectivity index (χ0) is 16.5. The van der Waals surface area contributed by atoms with E-state index < -0.39 is 0 Å². The van der Waals surface area contributed by atoms with Crippen molar-refractivity contribution in [3.8, 4) is 0 Å². The summed E-state index contributed by atoms with van der Waals surface area (Å²) in [5.74, 6) is -0.299. The molecule has 0 radical (unpaired) electrons. The monoisotopic (exact) mass is 337 g/mol. The summed E-state index contributed by atoms with van der Waals surface area (Å²) in [6.07, 6.45) is 2.83. The normalized spacial score (nSPS) is 13.0. The number of halogens is 1. The largest absolute Gasteiger partial charge is 0.457 e. The molecule has 120 valence electrons. The molecule has 0 saturated carbocycles. The first kappa shape index (κ1) is 15.2. The van der Waals surface area contributed by atoms with Gasteiger partial charge in [0.15, 0.2) is 0 Å². The van der Waals surface area contributed by atoms with Gasteiger partial charge in [0.1, 0.15) is 6.61 Å². The maximum atomic E-state index is 12.8. The van der Waals surface area contributed by atoms with E-state index >= 15 is 0 Å². The van der Waals surface area contributed by atoms with Crippen LogP contribution >= 0.6 is 11.6 Å². The minimum Gasteiger partial charge on any atom is -0.457 e. The summed E-state index contributed by atoms with van der Waals surface area (Å²) in [5.41, 5.74) is 4.39. The van der Waals surface area contributed by atoms with Crippen LogP contribution in [0.2, 0.25) is 5.02 Å². The zero-order valence-electron chi connectivity index (χ0n) is 13.1. The van der Waals surface area contributed by atoms with Crippen LogP contribution in [0.1, 0.15) is 33.6 Å². The Morgan fingerprint density at radius 1 is 1.08 bits per heavy atom. The molecule has 4 rings (SSSR count). The van der Waals surface area contributed by atoms with Gasteiger partial charge in [-0.05, 0) is 37.0 Å². The van der Waals surface area contributed by atoms with Gasteiger partial charge in [0.2, 0.25) is 0 Å². The van der Waals surface area contributed by atoms with E-state index in [1.165, 1.54) is 0 Å². The van der Waals surface area contributed by atoms with Crippen molar-refractivity contribution in [3.63, 3.8) is 0 Å². The van der Waals surface area contributed by atoms with Crippen LogP contribution in [0.25, 0.3) is 10.9 Å². The summed E-state index contributed by atoms with van der Waals surface area (Å²) in [4.78, 5) is 17.5. The van der Waals surface area contributed by atoms with Crippen molar-refractivity contribution in [2.45, 2.75) is 25.9 Å². The molecule has 2 aromatic carbocycles. The number of carbonyl (C=O) groups excluding carboxylic acids is 1. The number of aromatic nitrogens is 1. The van der Waals surface area contributed by atoms with E-state index in [1.54, 1.807) is 6.07 Å². The van der Waals surface area contributed by atoms with Crippen molar-refractivity contribution in [2.24, 2.45) is 0 Å². The van der Waals surface area contributed by atoms with Crippen LogP contribution in [0.15, 0.2) is 48.5 Å². The third-order valence-electron chi connectivity index (χ3n) is 4.44. The van der Waals surface area contributed by atoms with Gasteiger partial charge in [-0.25, -0.2) is 4.79 Å². The zero-order valence-corrected chi connectivity index (χ0v) is 13.8. The second kappa shape index (κ2) is 6.25. The number of pyridine rings is 1. The molecule has 0 N–H and O–H groups in total. The molecule has 0 fully saturated rings. The van der Waals surface area contributed by atoms with E-state index in [1.807, 2.05) is 42.5 Å². The van der Waals surface area contributed by atoms with Crippen LogP contribution in [0.5, 0.6) is 0 Å². The Bertz CT molecular complexity index is 936. The first-order valence-electron chi connectivity index (χ1n) is 8.05. The van der Waals surface area contributed by atoms with Crippen molar-refractivity contribution in [1.29, 1.82) is 0 Å². The van der Waals surface area contributed by atoms with Crippen LogP contribution in [-0.2, 0) is 24.2 Å². The van der Waals surface area contributed by atoms with E-state index in [0.717, 1.165) is 47.0 Å². The van der Waals surface area contributed by atoms with E-state index in [9.17, 15) is 4.79 Å². The fourth-order valence-corrected chi connectivity index (χ4v) is 3.47. The van der Waals surface area contributed by atoms with Crippen LogP contribution in [0.3, 0.4) is 0 Å². The van der Waals surface area contributed by atoms with Gasteiger partial charge in [-0.1, -0.05) is 48.0 Å². The Kier molecular flexibility index (Phi) is 3.95. The molecular formula is C20H16ClNO2. The average Bonchev–Trinajstić information content (AvgIpc) is 3.06. The summed E-state index contributed by atoms with van der Waals surface area (Å²) in [6, 6.07) is 15.2. The molecular weight excluding hydrogens is 322 g/mol. The third-order valence-corrected chi connectivity index (χ3v) is 4.81. The smallest absolute Gasteiger partial charge is 0.339 e. The van der Waals surface area contributed by atoms with E-state index in [-0.39, 0.29) is 12.6 Å². The quantitative estimate of drug-likeness (QED) is 0.648. The molecule has 4 heteroatoms. The van der Waals surface area contributed by atoms with Gasteiger partial charge in [-0.3, -0.25) is 4.98 Å². The second-order valence-electron chi connectivity index (χ2n) is 5.95. The van der Waals surface area contributed by atoms with Crippen LogP contribution in [0, 0.1) is 0 Å². The SMILES string of the molecule is O=C(OCc1ccccc1Cl)c1c2c(nc3ccccc13)CCC2. The van der Waals surface area contributed by atoms with E-state index in [4.69, 9.17) is 21.3 Å². The van der Waals surface area contributed by atoms with Gasteiger partial charge in [0.25, 0.3) is 0 Å². The molecule has 24 heavy (non-hydrogen) atoms. The molecule has 0 unspecified atom stereocenters. The van der Waals surface area contributed by atoms with Gasteiger partial charge >= 0.3 is 5.97 Å². The highest BCUT2D eigenvalue weighted by molar-refractivity contribution is 6.31. The summed E-state index contributed by atoms with van der Waals surface area (Å²) in [6.45, 7) is 0.171. The molecule has 3 nitrogen and oxygen atoms in total. The fraction of sp³-hybridized carbons (Fsp3) is 0.200. The molecule has 0 amide bonds. The second-order valence-corrected chi connectivity index (χ2v) is 6.36. The van der Waals surface area contributed by atoms with Gasteiger partial charge < -0.3 is 4.74 Å². The Morgan fingerprint density at radius 3 is 2.75 bits per heavy atom. The lowest BCUT2D eigenvalue weighted by atomic mass is 10.0. The summed E-state index contributed by atoms with van der Waals surface area (Å²) < 4.78 is 5.58. The molecule has 1 aliphatic rings. The van der Waals surface area contributed by atoms with Gasteiger partial charge in [-0.15, -0.1) is 0 Å². The maximum absolute atomic E-state index is 12.8. The Labute approximate surface area is 145 Å². The van der Waals surface area contributed by atoms with Crippen LogP contribution in [0.4, 0.5) is 0 Å². The van der Waals surface area contributed by atoms with Crippen molar-refractivity contribution >= 4 is 28.5 Å². The molecule has 0 aliphatic heterocycles. The number of nitrogens with zero attached hydrogens (tertiary/aromatic N) is 1. The topological polar surface area (TPSA) is 39.2 Å². The lowest BCUT2D eigenvalue weighted by Gasteiger charge is -2.12. The number of fused-ring (bicyclic) bond motifs is 2. The highest BCUT2D eigenvalue weighted by atomic mass is 35.5. The number of ether oxygens (including phenoxy) is 1. The number of hydrogen-bond donors (Lipinski definition) is 0. The van der Waals surface area contributed by atoms with Gasteiger partial charge in [0.05, 0.1) is 11.1 Å². The highest BCUT2D eigenvalue weighted by Crippen LogP contribution is 2.30. The summed E-state index contributed by atoms with van der Waals surface area (Å²) >= 11 is 6.14. The first-order chi connectivity index (χ1) is 11.7. The Balaban J connectivity index is 1.71. The van der Waals surface area contributed by atoms with Crippen molar-refractivity contribution in [2.75, 3.05) is 0 Å². The summed E-state index contributed by atoms with van der Waals surface area (Å²) in [5, 5.41) is 1.47. The van der Waals surface area contributed by atoms with Crippen LogP contribution < -0.4 is 0 Å². The number of hydrogen-bond acceptors (Lipinski definition) is 3. The Hall–Kier alpha value is -2.39. The maximum Gasteiger partial charge on any atom is 0.339 e. The predicted molar refractivity (Wildman–Crippen MR) is 94.3 cm³/mol. The number of esters is 1. The number of benzene rings is 2. The molecule has 1 aromatic heterocycles. The predicted octanol–water partition coefficient (Wildman–Crippen LogP) is 4.73. The molecule has 3 aromatic rings. The average molecular weight is 338 g/mol. The number of para-hydroxylation sites is 1.